The fraction of sp³-hybridized carbons (Fsp3) is 0.615. The number of hydrogen-bond acceptors (Lipinski definition) is 6. The summed E-state index contributed by atoms with van der Waals surface area (Å²) in [6, 6.07) is 0. The first kappa shape index (κ1) is 16.6. The highest BCUT2D eigenvalue weighted by Crippen LogP contribution is 2.16. The van der Waals surface area contributed by atoms with Gasteiger partial charge in [-0.2, -0.15) is 4.31 Å². The number of carbonyl (C=O) groups is 1. The van der Waals surface area contributed by atoms with Crippen molar-refractivity contribution in [2.45, 2.75) is 18.9 Å². The summed E-state index contributed by atoms with van der Waals surface area (Å²) >= 11 is 0. The quantitative estimate of drug-likeness (QED) is 0.739. The van der Waals surface area contributed by atoms with Crippen LogP contribution in [0.4, 0.5) is 0 Å². The summed E-state index contributed by atoms with van der Waals surface area (Å²) in [5, 5.41) is 0. The molecule has 1 aromatic heterocycles. The highest BCUT2D eigenvalue weighted by atomic mass is 32.2. The van der Waals surface area contributed by atoms with Crippen molar-refractivity contribution in [3.8, 4) is 5.88 Å². The molecule has 2 rings (SSSR count). The van der Waals surface area contributed by atoms with Gasteiger partial charge in [0.05, 0.1) is 19.0 Å². The van der Waals surface area contributed by atoms with Gasteiger partial charge in [-0.3, -0.25) is 9.78 Å². The molecule has 122 valence electrons. The normalized spacial score (nSPS) is 16.8. The van der Waals surface area contributed by atoms with Crippen LogP contribution in [0.3, 0.4) is 0 Å². The van der Waals surface area contributed by atoms with E-state index < -0.39 is 10.0 Å². The van der Waals surface area contributed by atoms with Crippen LogP contribution in [0.2, 0.25) is 0 Å². The monoisotopic (exact) mass is 328 g/mol. The lowest BCUT2D eigenvalue weighted by Gasteiger charge is -2.32. The second-order valence-corrected chi connectivity index (χ2v) is 7.35. The zero-order valence-electron chi connectivity index (χ0n) is 12.7. The number of nitrogens with zero attached hydrogens (tertiary/aromatic N) is 4. The smallest absolute Gasteiger partial charge is 0.237 e. The van der Waals surface area contributed by atoms with Crippen LogP contribution in [0.15, 0.2) is 18.6 Å². The van der Waals surface area contributed by atoms with E-state index in [0.717, 1.165) is 10.6 Å². The van der Waals surface area contributed by atoms with E-state index in [1.165, 1.54) is 7.05 Å². The fourth-order valence-corrected chi connectivity index (χ4v) is 2.49. The van der Waals surface area contributed by atoms with E-state index in [-0.39, 0.29) is 18.6 Å². The van der Waals surface area contributed by atoms with E-state index in [1.54, 1.807) is 23.5 Å². The number of amides is 1. The number of ether oxygens (including phenoxy) is 1. The molecule has 1 aromatic rings. The third kappa shape index (κ3) is 4.63. The van der Waals surface area contributed by atoms with Gasteiger partial charge < -0.3 is 9.64 Å². The third-order valence-electron chi connectivity index (χ3n) is 3.55. The molecule has 0 aromatic carbocycles. The van der Waals surface area contributed by atoms with Crippen molar-refractivity contribution in [3.63, 3.8) is 0 Å². The van der Waals surface area contributed by atoms with Crippen LogP contribution in [0, 0.1) is 0 Å². The molecule has 1 aliphatic heterocycles. The Morgan fingerprint density at radius 1 is 1.41 bits per heavy atom. The van der Waals surface area contributed by atoms with Gasteiger partial charge in [-0.1, -0.05) is 0 Å². The lowest BCUT2D eigenvalue weighted by atomic mass is 10.1. The maximum Gasteiger partial charge on any atom is 0.237 e. The minimum absolute atomic E-state index is 0.00612. The number of piperidine rings is 1. The molecule has 2 heterocycles. The van der Waals surface area contributed by atoms with Gasteiger partial charge in [0, 0.05) is 45.4 Å². The lowest BCUT2D eigenvalue weighted by Crippen LogP contribution is -2.46. The Hall–Kier alpha value is -1.74. The molecule has 0 atom stereocenters. The van der Waals surface area contributed by atoms with E-state index in [1.807, 2.05) is 0 Å². The minimum Gasteiger partial charge on any atom is -0.473 e. The predicted molar refractivity (Wildman–Crippen MR) is 79.7 cm³/mol. The molecule has 0 bridgehead atoms. The first-order chi connectivity index (χ1) is 10.4. The SMILES string of the molecule is CN(CC(=O)N1CCC(Oc2cnccn2)CC1)S(C)(=O)=O. The Balaban J connectivity index is 1.80. The van der Waals surface area contributed by atoms with Crippen LogP contribution in [0.5, 0.6) is 5.88 Å². The molecule has 1 saturated heterocycles. The third-order valence-corrected chi connectivity index (χ3v) is 4.81. The summed E-state index contributed by atoms with van der Waals surface area (Å²) in [7, 11) is -1.94. The van der Waals surface area contributed by atoms with Crippen LogP contribution in [-0.2, 0) is 14.8 Å². The van der Waals surface area contributed by atoms with Gasteiger partial charge in [0.15, 0.2) is 0 Å². The van der Waals surface area contributed by atoms with Crippen molar-refractivity contribution in [1.82, 2.24) is 19.2 Å². The second kappa shape index (κ2) is 7.01. The minimum atomic E-state index is -3.34. The van der Waals surface area contributed by atoms with Crippen molar-refractivity contribution < 1.29 is 17.9 Å². The van der Waals surface area contributed by atoms with Crippen LogP contribution < -0.4 is 4.74 Å². The summed E-state index contributed by atoms with van der Waals surface area (Å²) in [4.78, 5) is 21.7. The van der Waals surface area contributed by atoms with E-state index in [2.05, 4.69) is 9.97 Å². The first-order valence-corrected chi connectivity index (χ1v) is 8.83. The Labute approximate surface area is 130 Å². The average Bonchev–Trinajstić information content (AvgIpc) is 2.48. The van der Waals surface area contributed by atoms with Crippen molar-refractivity contribution >= 4 is 15.9 Å². The number of carbonyl (C=O) groups excluding carboxylic acids is 1. The maximum absolute atomic E-state index is 12.1. The van der Waals surface area contributed by atoms with Gasteiger partial charge in [0.1, 0.15) is 6.10 Å². The molecule has 8 nitrogen and oxygen atoms in total. The lowest BCUT2D eigenvalue weighted by molar-refractivity contribution is -0.133. The molecule has 0 N–H and O–H groups in total. The van der Waals surface area contributed by atoms with Crippen LogP contribution in [0.1, 0.15) is 12.8 Å². The average molecular weight is 328 g/mol. The molecule has 22 heavy (non-hydrogen) atoms. The second-order valence-electron chi connectivity index (χ2n) is 5.26. The van der Waals surface area contributed by atoms with Crippen molar-refractivity contribution in [2.24, 2.45) is 0 Å². The van der Waals surface area contributed by atoms with Gasteiger partial charge in [0.25, 0.3) is 0 Å². The fourth-order valence-electron chi connectivity index (χ4n) is 2.15. The van der Waals surface area contributed by atoms with Gasteiger partial charge in [0.2, 0.25) is 21.8 Å². The van der Waals surface area contributed by atoms with Crippen LogP contribution >= 0.6 is 0 Å². The summed E-state index contributed by atoms with van der Waals surface area (Å²) in [6.07, 6.45) is 7.14. The highest BCUT2D eigenvalue weighted by Gasteiger charge is 2.26. The van der Waals surface area contributed by atoms with Crippen molar-refractivity contribution in [3.05, 3.63) is 18.6 Å². The molecule has 1 aliphatic rings. The zero-order valence-corrected chi connectivity index (χ0v) is 13.5. The number of hydrogen-bond donors (Lipinski definition) is 0. The number of sulfonamides is 1. The van der Waals surface area contributed by atoms with Gasteiger partial charge in [-0.15, -0.1) is 0 Å². The number of likely N-dealkylation sites (N-methyl/N-ethyl adjacent to an activating group) is 1. The van der Waals surface area contributed by atoms with Crippen LogP contribution in [0.25, 0.3) is 0 Å². The standard InChI is InChI=1S/C13H20N4O4S/c1-16(22(2,19)20)10-13(18)17-7-3-11(4-8-17)21-12-9-14-5-6-15-12/h5-6,9,11H,3-4,7-8,10H2,1-2H3. The number of likely N-dealkylation sites (tertiary alicyclic amines) is 1. The van der Waals surface area contributed by atoms with Gasteiger partial charge >= 0.3 is 0 Å². The van der Waals surface area contributed by atoms with Crippen molar-refractivity contribution in [1.29, 1.82) is 0 Å². The Morgan fingerprint density at radius 3 is 2.64 bits per heavy atom. The largest absolute Gasteiger partial charge is 0.473 e. The molecule has 0 aliphatic carbocycles. The Kier molecular flexibility index (Phi) is 5.30. The van der Waals surface area contributed by atoms with E-state index >= 15 is 0 Å². The van der Waals surface area contributed by atoms with Gasteiger partial charge in [-0.25, -0.2) is 13.4 Å². The molecule has 0 radical (unpaired) electrons. The number of rotatable bonds is 5. The molecule has 9 heteroatoms. The van der Waals surface area contributed by atoms with E-state index in [9.17, 15) is 13.2 Å². The molecular formula is C13H20N4O4S. The molecule has 0 unspecified atom stereocenters. The van der Waals surface area contributed by atoms with E-state index in [4.69, 9.17) is 4.74 Å². The van der Waals surface area contributed by atoms with Gasteiger partial charge in [-0.05, 0) is 0 Å². The molecule has 0 spiro atoms. The van der Waals surface area contributed by atoms with E-state index in [0.29, 0.717) is 31.8 Å². The summed E-state index contributed by atoms with van der Waals surface area (Å²) in [6.45, 7) is 0.956. The number of aromatic nitrogens is 2. The summed E-state index contributed by atoms with van der Waals surface area (Å²) < 4.78 is 29.4. The molecule has 0 saturated carbocycles. The molecule has 1 amide bonds. The topological polar surface area (TPSA) is 92.7 Å². The first-order valence-electron chi connectivity index (χ1n) is 6.98. The van der Waals surface area contributed by atoms with Crippen LogP contribution in [-0.4, -0.2) is 72.5 Å². The van der Waals surface area contributed by atoms with Crippen molar-refractivity contribution in [2.75, 3.05) is 32.9 Å². The molecular weight excluding hydrogens is 308 g/mol. The zero-order chi connectivity index (χ0) is 16.2. The Bertz CT molecular complexity index is 600. The highest BCUT2D eigenvalue weighted by molar-refractivity contribution is 7.88. The Morgan fingerprint density at radius 2 is 2.09 bits per heavy atom. The maximum atomic E-state index is 12.1. The summed E-state index contributed by atoms with van der Waals surface area (Å²) in [5.41, 5.74) is 0. The summed E-state index contributed by atoms with van der Waals surface area (Å²) in [5.74, 6) is 0.287. The molecule has 1 fully saturated rings. The predicted octanol–water partition coefficient (Wildman–Crippen LogP) is -0.262.